The van der Waals surface area contributed by atoms with E-state index in [9.17, 15) is 0 Å². The summed E-state index contributed by atoms with van der Waals surface area (Å²) >= 11 is 0. The molecule has 1 aliphatic heterocycles. The highest BCUT2D eigenvalue weighted by Crippen LogP contribution is 2.28. The molecule has 0 amide bonds. The maximum absolute atomic E-state index is 4.57. The molecule has 3 heterocycles. The molecule has 1 atom stereocenters. The van der Waals surface area contributed by atoms with Crippen LogP contribution in [-0.2, 0) is 6.42 Å². The second-order valence-electron chi connectivity index (χ2n) is 6.75. The third-order valence-electron chi connectivity index (χ3n) is 4.65. The van der Waals surface area contributed by atoms with Crippen molar-refractivity contribution in [1.29, 1.82) is 0 Å². The van der Waals surface area contributed by atoms with Crippen LogP contribution in [0.1, 0.15) is 58.6 Å². The highest BCUT2D eigenvalue weighted by Gasteiger charge is 2.25. The van der Waals surface area contributed by atoms with Gasteiger partial charge in [-0.25, -0.2) is 4.98 Å². The maximum atomic E-state index is 4.57. The van der Waals surface area contributed by atoms with E-state index in [0.29, 0.717) is 6.04 Å². The fraction of sp³-hybridized carbons (Fsp3) is 0.706. The van der Waals surface area contributed by atoms with Crippen molar-refractivity contribution >= 4 is 11.6 Å². The molecular formula is C17H27N5. The van der Waals surface area contributed by atoms with E-state index in [4.69, 9.17) is 0 Å². The van der Waals surface area contributed by atoms with Crippen molar-refractivity contribution in [3.8, 4) is 0 Å². The van der Waals surface area contributed by atoms with Crippen molar-refractivity contribution in [3.05, 3.63) is 18.1 Å². The zero-order valence-electron chi connectivity index (χ0n) is 14.0. The van der Waals surface area contributed by atoms with E-state index < -0.39 is 0 Å². The lowest BCUT2D eigenvalue weighted by Gasteiger charge is -2.37. The van der Waals surface area contributed by atoms with Crippen LogP contribution >= 0.6 is 0 Å². The summed E-state index contributed by atoms with van der Waals surface area (Å²) in [5.41, 5.74) is 1.10. The summed E-state index contributed by atoms with van der Waals surface area (Å²) in [4.78, 5) is 11.4. The van der Waals surface area contributed by atoms with E-state index in [2.05, 4.69) is 46.8 Å². The first kappa shape index (κ1) is 15.3. The standard InChI is InChI=1S/C17H27N5/c1-4-14-11-16(22-17(20-14)18-12-19-22)21-10-6-5-7-15(21)9-8-13(2)3/h11-13,15H,4-10H2,1-3H3. The van der Waals surface area contributed by atoms with Crippen molar-refractivity contribution in [2.45, 2.75) is 65.3 Å². The number of piperidine rings is 1. The molecule has 1 saturated heterocycles. The molecule has 0 spiro atoms. The normalized spacial score (nSPS) is 19.3. The van der Waals surface area contributed by atoms with Crippen LogP contribution < -0.4 is 4.90 Å². The number of anilines is 1. The molecule has 0 aliphatic carbocycles. The summed E-state index contributed by atoms with van der Waals surface area (Å²) in [6.07, 6.45) is 8.97. The van der Waals surface area contributed by atoms with E-state index in [1.807, 2.05) is 4.52 Å². The summed E-state index contributed by atoms with van der Waals surface area (Å²) in [6, 6.07) is 2.82. The Balaban J connectivity index is 1.94. The molecule has 22 heavy (non-hydrogen) atoms. The third kappa shape index (κ3) is 3.08. The number of aromatic nitrogens is 4. The molecule has 0 bridgehead atoms. The SMILES string of the molecule is CCc1cc(N2CCCCC2CCC(C)C)n2ncnc2n1. The number of aryl methyl sites for hydroxylation is 1. The predicted molar refractivity (Wildman–Crippen MR) is 89.2 cm³/mol. The Bertz CT molecular complexity index is 619. The molecule has 0 aromatic carbocycles. The molecule has 0 radical (unpaired) electrons. The molecule has 3 rings (SSSR count). The molecule has 120 valence electrons. The summed E-state index contributed by atoms with van der Waals surface area (Å²) < 4.78 is 1.91. The molecule has 1 unspecified atom stereocenters. The topological polar surface area (TPSA) is 46.3 Å². The van der Waals surface area contributed by atoms with Gasteiger partial charge >= 0.3 is 0 Å². The van der Waals surface area contributed by atoms with E-state index in [0.717, 1.165) is 30.4 Å². The van der Waals surface area contributed by atoms with E-state index in [-0.39, 0.29) is 0 Å². The van der Waals surface area contributed by atoms with Crippen LogP contribution in [0.4, 0.5) is 5.82 Å². The second kappa shape index (κ2) is 6.63. The van der Waals surface area contributed by atoms with Crippen LogP contribution in [0.2, 0.25) is 0 Å². The zero-order chi connectivity index (χ0) is 15.5. The minimum Gasteiger partial charge on any atom is -0.353 e. The number of hydrogen-bond acceptors (Lipinski definition) is 4. The summed E-state index contributed by atoms with van der Waals surface area (Å²) in [7, 11) is 0. The quantitative estimate of drug-likeness (QED) is 0.848. The summed E-state index contributed by atoms with van der Waals surface area (Å²) in [5.74, 6) is 2.66. The summed E-state index contributed by atoms with van der Waals surface area (Å²) in [6.45, 7) is 7.88. The Labute approximate surface area is 132 Å². The summed E-state index contributed by atoms with van der Waals surface area (Å²) in [5, 5.41) is 4.40. The number of rotatable bonds is 5. The lowest BCUT2D eigenvalue weighted by atomic mass is 9.95. The minimum absolute atomic E-state index is 0.621. The van der Waals surface area contributed by atoms with Gasteiger partial charge in [-0.3, -0.25) is 0 Å². The lowest BCUT2D eigenvalue weighted by molar-refractivity contribution is 0.400. The zero-order valence-corrected chi connectivity index (χ0v) is 14.0. The van der Waals surface area contributed by atoms with Gasteiger partial charge < -0.3 is 4.90 Å². The van der Waals surface area contributed by atoms with Crippen molar-refractivity contribution in [2.24, 2.45) is 5.92 Å². The molecule has 2 aromatic rings. The Hall–Kier alpha value is -1.65. The van der Waals surface area contributed by atoms with Crippen molar-refractivity contribution in [3.63, 3.8) is 0 Å². The van der Waals surface area contributed by atoms with Crippen LogP contribution in [0.15, 0.2) is 12.4 Å². The van der Waals surface area contributed by atoms with Gasteiger partial charge in [-0.1, -0.05) is 20.8 Å². The Morgan fingerprint density at radius 1 is 1.32 bits per heavy atom. The van der Waals surface area contributed by atoms with Gasteiger partial charge in [0, 0.05) is 24.3 Å². The largest absolute Gasteiger partial charge is 0.353 e. The smallest absolute Gasteiger partial charge is 0.254 e. The van der Waals surface area contributed by atoms with Crippen molar-refractivity contribution in [1.82, 2.24) is 19.6 Å². The molecular weight excluding hydrogens is 274 g/mol. The van der Waals surface area contributed by atoms with Crippen molar-refractivity contribution in [2.75, 3.05) is 11.4 Å². The highest BCUT2D eigenvalue weighted by atomic mass is 15.4. The third-order valence-corrected chi connectivity index (χ3v) is 4.65. The van der Waals surface area contributed by atoms with Gasteiger partial charge in [-0.05, 0) is 44.4 Å². The van der Waals surface area contributed by atoms with Crippen LogP contribution in [-0.4, -0.2) is 32.2 Å². The monoisotopic (exact) mass is 301 g/mol. The Kier molecular flexibility index (Phi) is 4.60. The first-order valence-electron chi connectivity index (χ1n) is 8.65. The van der Waals surface area contributed by atoms with Crippen molar-refractivity contribution < 1.29 is 0 Å². The fourth-order valence-electron chi connectivity index (χ4n) is 3.36. The number of hydrogen-bond donors (Lipinski definition) is 0. The van der Waals surface area contributed by atoms with Gasteiger partial charge in [-0.15, -0.1) is 0 Å². The van der Waals surface area contributed by atoms with E-state index >= 15 is 0 Å². The Morgan fingerprint density at radius 3 is 2.95 bits per heavy atom. The molecule has 2 aromatic heterocycles. The fourth-order valence-corrected chi connectivity index (χ4v) is 3.36. The number of nitrogens with zero attached hydrogens (tertiary/aromatic N) is 5. The van der Waals surface area contributed by atoms with Gasteiger partial charge in [0.2, 0.25) is 0 Å². The van der Waals surface area contributed by atoms with Crippen LogP contribution in [0.3, 0.4) is 0 Å². The lowest BCUT2D eigenvalue weighted by Crippen LogP contribution is -2.41. The Morgan fingerprint density at radius 2 is 2.18 bits per heavy atom. The van der Waals surface area contributed by atoms with E-state index in [1.54, 1.807) is 6.33 Å². The van der Waals surface area contributed by atoms with Gasteiger partial charge in [-0.2, -0.15) is 14.6 Å². The molecule has 5 nitrogen and oxygen atoms in total. The molecule has 5 heteroatoms. The van der Waals surface area contributed by atoms with Crippen LogP contribution in [0.5, 0.6) is 0 Å². The average molecular weight is 301 g/mol. The van der Waals surface area contributed by atoms with Gasteiger partial charge in [0.1, 0.15) is 12.1 Å². The maximum Gasteiger partial charge on any atom is 0.254 e. The average Bonchev–Trinajstić information content (AvgIpc) is 3.00. The molecule has 0 saturated carbocycles. The molecule has 1 fully saturated rings. The first-order chi connectivity index (χ1) is 10.7. The van der Waals surface area contributed by atoms with Crippen LogP contribution in [0.25, 0.3) is 5.78 Å². The molecule has 1 aliphatic rings. The van der Waals surface area contributed by atoms with Crippen LogP contribution in [0, 0.1) is 5.92 Å². The van der Waals surface area contributed by atoms with Gasteiger partial charge in [0.25, 0.3) is 5.78 Å². The number of fused-ring (bicyclic) bond motifs is 1. The first-order valence-corrected chi connectivity index (χ1v) is 8.65. The van der Waals surface area contributed by atoms with Gasteiger partial charge in [0.05, 0.1) is 0 Å². The van der Waals surface area contributed by atoms with E-state index in [1.165, 1.54) is 37.9 Å². The second-order valence-corrected chi connectivity index (χ2v) is 6.75. The predicted octanol–water partition coefficient (Wildman–Crippen LogP) is 3.48. The van der Waals surface area contributed by atoms with Gasteiger partial charge in [0.15, 0.2) is 0 Å². The highest BCUT2D eigenvalue weighted by molar-refractivity contribution is 5.48. The molecule has 0 N–H and O–H groups in total. The minimum atomic E-state index is 0.621.